The van der Waals surface area contributed by atoms with E-state index in [1.54, 1.807) is 10.7 Å². The maximum Gasteiger partial charge on any atom is 0.417 e. The van der Waals surface area contributed by atoms with Crippen LogP contribution in [0.15, 0.2) is 53.4 Å². The van der Waals surface area contributed by atoms with E-state index in [-0.39, 0.29) is 5.02 Å². The van der Waals surface area contributed by atoms with E-state index in [1.807, 2.05) is 30.3 Å². The highest BCUT2D eigenvalue weighted by molar-refractivity contribution is 7.98. The van der Waals surface area contributed by atoms with Crippen molar-refractivity contribution in [2.24, 2.45) is 0 Å². The number of rotatable bonds is 4. The van der Waals surface area contributed by atoms with Crippen LogP contribution in [0, 0.1) is 0 Å². The van der Waals surface area contributed by atoms with Crippen molar-refractivity contribution in [3.05, 3.63) is 64.9 Å². The molecule has 0 fully saturated rings. The van der Waals surface area contributed by atoms with Gasteiger partial charge >= 0.3 is 6.18 Å². The zero-order chi connectivity index (χ0) is 17.2. The molecule has 0 amide bonds. The number of tetrazole rings is 1. The van der Waals surface area contributed by atoms with Gasteiger partial charge in [0.05, 0.1) is 22.0 Å². The van der Waals surface area contributed by atoms with Crippen molar-refractivity contribution in [2.75, 3.05) is 0 Å². The molecule has 0 bridgehead atoms. The summed E-state index contributed by atoms with van der Waals surface area (Å²) < 4.78 is 40.2. The summed E-state index contributed by atoms with van der Waals surface area (Å²) >= 11 is 6.82. The molecule has 4 nitrogen and oxygen atoms in total. The number of benzene rings is 2. The number of alkyl halides is 3. The van der Waals surface area contributed by atoms with Crippen LogP contribution in [-0.2, 0) is 11.9 Å². The minimum atomic E-state index is -4.49. The monoisotopic (exact) mass is 370 g/mol. The summed E-state index contributed by atoms with van der Waals surface area (Å²) in [6.07, 6.45) is -4.49. The molecular weight excluding hydrogens is 361 g/mol. The second-order valence-corrected chi connectivity index (χ2v) is 6.23. The highest BCUT2D eigenvalue weighted by Gasteiger charge is 2.33. The van der Waals surface area contributed by atoms with Crippen molar-refractivity contribution in [1.29, 1.82) is 0 Å². The van der Waals surface area contributed by atoms with E-state index < -0.39 is 11.7 Å². The van der Waals surface area contributed by atoms with Crippen LogP contribution >= 0.6 is 23.4 Å². The zero-order valence-corrected chi connectivity index (χ0v) is 13.6. The molecule has 0 spiro atoms. The lowest BCUT2D eigenvalue weighted by Crippen LogP contribution is -2.06. The average Bonchev–Trinajstić information content (AvgIpc) is 3.02. The number of para-hydroxylation sites is 1. The largest absolute Gasteiger partial charge is 0.417 e. The minimum Gasteiger partial charge on any atom is -0.196 e. The van der Waals surface area contributed by atoms with Gasteiger partial charge in [0.1, 0.15) is 0 Å². The number of hydrogen-bond donors (Lipinski definition) is 0. The summed E-state index contributed by atoms with van der Waals surface area (Å²) in [5, 5.41) is 11.2. The summed E-state index contributed by atoms with van der Waals surface area (Å²) in [5.74, 6) is 0.857. The smallest absolute Gasteiger partial charge is 0.196 e. The molecule has 0 unspecified atom stereocenters. The van der Waals surface area contributed by atoms with Gasteiger partial charge < -0.3 is 0 Å². The van der Waals surface area contributed by atoms with Crippen LogP contribution in [0.25, 0.3) is 5.69 Å². The van der Waals surface area contributed by atoms with Crippen LogP contribution in [0.5, 0.6) is 0 Å². The Morgan fingerprint density at radius 1 is 1.08 bits per heavy atom. The van der Waals surface area contributed by atoms with E-state index >= 15 is 0 Å². The third-order valence-electron chi connectivity index (χ3n) is 3.15. The Bertz CT molecular complexity index is 836. The predicted octanol–water partition coefficient (Wildman–Crippen LogP) is 4.63. The molecule has 124 valence electrons. The van der Waals surface area contributed by atoms with Crippen molar-refractivity contribution in [3.8, 4) is 5.69 Å². The third kappa shape index (κ3) is 3.70. The van der Waals surface area contributed by atoms with Crippen molar-refractivity contribution < 1.29 is 13.2 Å². The highest BCUT2D eigenvalue weighted by atomic mass is 35.5. The molecule has 1 aromatic heterocycles. The molecule has 0 radical (unpaired) electrons. The second-order valence-electron chi connectivity index (χ2n) is 4.77. The predicted molar refractivity (Wildman–Crippen MR) is 85.2 cm³/mol. The second kappa shape index (κ2) is 6.82. The number of halogens is 4. The van der Waals surface area contributed by atoms with Gasteiger partial charge in [-0.2, -0.15) is 17.9 Å². The SMILES string of the molecule is FC(F)(F)c1cc(SCc2nnnn2-c2ccccc2)ccc1Cl. The van der Waals surface area contributed by atoms with E-state index in [1.165, 1.54) is 17.8 Å². The normalized spacial score (nSPS) is 11.7. The molecule has 24 heavy (non-hydrogen) atoms. The van der Waals surface area contributed by atoms with E-state index in [2.05, 4.69) is 15.5 Å². The van der Waals surface area contributed by atoms with Crippen molar-refractivity contribution in [2.45, 2.75) is 16.8 Å². The summed E-state index contributed by atoms with van der Waals surface area (Å²) in [7, 11) is 0. The lowest BCUT2D eigenvalue weighted by Gasteiger charge is -2.10. The third-order valence-corrected chi connectivity index (χ3v) is 4.47. The van der Waals surface area contributed by atoms with Gasteiger partial charge in [0.15, 0.2) is 5.82 Å². The van der Waals surface area contributed by atoms with Crippen molar-refractivity contribution in [1.82, 2.24) is 20.2 Å². The topological polar surface area (TPSA) is 43.6 Å². The van der Waals surface area contributed by atoms with Gasteiger partial charge in [0, 0.05) is 4.90 Å². The Morgan fingerprint density at radius 2 is 1.83 bits per heavy atom. The fourth-order valence-electron chi connectivity index (χ4n) is 2.02. The molecule has 1 heterocycles. The molecule has 0 aliphatic heterocycles. The van der Waals surface area contributed by atoms with E-state index in [0.717, 1.165) is 11.8 Å². The van der Waals surface area contributed by atoms with Gasteiger partial charge in [-0.3, -0.25) is 0 Å². The fraction of sp³-hybridized carbons (Fsp3) is 0.133. The Morgan fingerprint density at radius 3 is 2.54 bits per heavy atom. The molecular formula is C15H10ClF3N4S. The number of aromatic nitrogens is 4. The van der Waals surface area contributed by atoms with E-state index in [9.17, 15) is 13.2 Å². The number of hydrogen-bond acceptors (Lipinski definition) is 4. The molecule has 3 rings (SSSR count). The maximum atomic E-state index is 12.9. The van der Waals surface area contributed by atoms with Crippen LogP contribution in [0.2, 0.25) is 5.02 Å². The molecule has 0 atom stereocenters. The van der Waals surface area contributed by atoms with Crippen LogP contribution < -0.4 is 0 Å². The first-order valence-electron chi connectivity index (χ1n) is 6.77. The highest BCUT2D eigenvalue weighted by Crippen LogP contribution is 2.37. The van der Waals surface area contributed by atoms with Gasteiger partial charge in [-0.25, -0.2) is 0 Å². The quantitative estimate of drug-likeness (QED) is 0.628. The number of thioether (sulfide) groups is 1. The van der Waals surface area contributed by atoms with E-state index in [4.69, 9.17) is 11.6 Å². The van der Waals surface area contributed by atoms with Gasteiger partial charge in [-0.05, 0) is 40.8 Å². The Balaban J connectivity index is 1.79. The molecule has 0 saturated carbocycles. The van der Waals surface area contributed by atoms with Crippen LogP contribution in [0.1, 0.15) is 11.4 Å². The Kier molecular flexibility index (Phi) is 4.77. The van der Waals surface area contributed by atoms with Gasteiger partial charge in [0.25, 0.3) is 0 Å². The maximum absolute atomic E-state index is 12.9. The molecule has 0 aliphatic rings. The molecule has 0 N–H and O–H groups in total. The van der Waals surface area contributed by atoms with Crippen LogP contribution in [0.3, 0.4) is 0 Å². The zero-order valence-electron chi connectivity index (χ0n) is 12.0. The standard InChI is InChI=1S/C15H10ClF3N4S/c16-13-7-6-11(8-12(13)15(17,18)19)24-9-14-20-21-22-23(14)10-4-2-1-3-5-10/h1-8H,9H2. The average molecular weight is 371 g/mol. The van der Waals surface area contributed by atoms with Crippen molar-refractivity contribution >= 4 is 23.4 Å². The van der Waals surface area contributed by atoms with Crippen LogP contribution in [-0.4, -0.2) is 20.2 Å². The summed E-state index contributed by atoms with van der Waals surface area (Å²) in [6.45, 7) is 0. The first kappa shape index (κ1) is 16.8. The minimum absolute atomic E-state index is 0.319. The molecule has 3 aromatic rings. The van der Waals surface area contributed by atoms with E-state index in [0.29, 0.717) is 16.5 Å². The lowest BCUT2D eigenvalue weighted by atomic mass is 10.2. The van der Waals surface area contributed by atoms with Gasteiger partial charge in [-0.15, -0.1) is 16.9 Å². The van der Waals surface area contributed by atoms with Gasteiger partial charge in [-0.1, -0.05) is 29.8 Å². The first-order chi connectivity index (χ1) is 11.4. The molecule has 0 aliphatic carbocycles. The van der Waals surface area contributed by atoms with Gasteiger partial charge in [0.2, 0.25) is 0 Å². The lowest BCUT2D eigenvalue weighted by molar-refractivity contribution is -0.137. The Labute approximate surface area is 144 Å². The Hall–Kier alpha value is -2.06. The molecule has 0 saturated heterocycles. The molecule has 2 aromatic carbocycles. The summed E-state index contributed by atoms with van der Waals surface area (Å²) in [6, 6.07) is 13.1. The molecule has 9 heteroatoms. The summed E-state index contributed by atoms with van der Waals surface area (Å²) in [5.41, 5.74) is -0.0676. The van der Waals surface area contributed by atoms with Crippen molar-refractivity contribution in [3.63, 3.8) is 0 Å². The van der Waals surface area contributed by atoms with Crippen LogP contribution in [0.4, 0.5) is 13.2 Å². The fourth-order valence-corrected chi connectivity index (χ4v) is 3.09. The number of nitrogens with zero attached hydrogens (tertiary/aromatic N) is 4. The summed E-state index contributed by atoms with van der Waals surface area (Å²) in [4.78, 5) is 0.439. The first-order valence-corrected chi connectivity index (χ1v) is 8.14.